The van der Waals surface area contributed by atoms with E-state index in [-0.39, 0.29) is 11.8 Å². The number of likely N-dealkylation sites (tertiary alicyclic amines) is 1. The van der Waals surface area contributed by atoms with Crippen LogP contribution in [0.3, 0.4) is 0 Å². The molecule has 7 nitrogen and oxygen atoms in total. The van der Waals surface area contributed by atoms with Crippen molar-refractivity contribution in [3.63, 3.8) is 0 Å². The molecule has 0 unspecified atom stereocenters. The summed E-state index contributed by atoms with van der Waals surface area (Å²) >= 11 is 0. The van der Waals surface area contributed by atoms with E-state index < -0.39 is 0 Å². The van der Waals surface area contributed by atoms with Gasteiger partial charge in [0.05, 0.1) is 5.92 Å². The normalized spacial score (nSPS) is 23.0. The number of nitrogens with one attached hydrogen (secondary N) is 1. The molecule has 2 aromatic heterocycles. The Morgan fingerprint density at radius 3 is 2.93 bits per heavy atom. The SMILES string of the molecule is O=C1CCc2cc(C=CC(=O)N3C[C@H]4C[N+](c5ccncc5)=C[C@H]4C3)cnc2N1. The molecule has 3 aliphatic rings. The molecule has 0 aliphatic carbocycles. The third-order valence-corrected chi connectivity index (χ3v) is 5.89. The van der Waals surface area contributed by atoms with Gasteiger partial charge in [-0.2, -0.15) is 0 Å². The van der Waals surface area contributed by atoms with Gasteiger partial charge in [0.1, 0.15) is 5.82 Å². The summed E-state index contributed by atoms with van der Waals surface area (Å²) in [6.07, 6.45) is 12.2. The molecule has 2 atom stereocenters. The molecule has 0 saturated carbocycles. The second kappa shape index (κ2) is 7.24. The monoisotopic (exact) mass is 388 g/mol. The summed E-state index contributed by atoms with van der Waals surface area (Å²) in [6, 6.07) is 6.02. The minimum atomic E-state index is 0.00218. The number of rotatable bonds is 3. The predicted octanol–water partition coefficient (Wildman–Crippen LogP) is 1.88. The second-order valence-corrected chi connectivity index (χ2v) is 7.83. The fourth-order valence-corrected chi connectivity index (χ4v) is 4.35. The zero-order chi connectivity index (χ0) is 19.8. The Morgan fingerprint density at radius 2 is 2.10 bits per heavy atom. The van der Waals surface area contributed by atoms with Crippen LogP contribution >= 0.6 is 0 Å². The number of aryl methyl sites for hydroxylation is 1. The van der Waals surface area contributed by atoms with Gasteiger partial charge in [0.25, 0.3) is 0 Å². The van der Waals surface area contributed by atoms with Crippen LogP contribution in [-0.2, 0) is 16.0 Å². The Labute approximate surface area is 168 Å². The molecule has 5 heterocycles. The van der Waals surface area contributed by atoms with Crippen molar-refractivity contribution in [1.82, 2.24) is 14.9 Å². The van der Waals surface area contributed by atoms with E-state index in [0.29, 0.717) is 30.5 Å². The van der Waals surface area contributed by atoms with Crippen molar-refractivity contribution in [1.29, 1.82) is 0 Å². The fourth-order valence-electron chi connectivity index (χ4n) is 4.35. The maximum Gasteiger partial charge on any atom is 0.246 e. The Balaban J connectivity index is 1.23. The van der Waals surface area contributed by atoms with Crippen LogP contribution in [0.25, 0.3) is 6.08 Å². The van der Waals surface area contributed by atoms with Gasteiger partial charge >= 0.3 is 0 Å². The summed E-state index contributed by atoms with van der Waals surface area (Å²) in [4.78, 5) is 34.4. The molecule has 1 N–H and O–H groups in total. The highest BCUT2D eigenvalue weighted by Crippen LogP contribution is 2.29. The molecular weight excluding hydrogens is 366 g/mol. The first-order chi connectivity index (χ1) is 14.2. The molecule has 2 amide bonds. The highest BCUT2D eigenvalue weighted by atomic mass is 16.2. The lowest BCUT2D eigenvalue weighted by Crippen LogP contribution is -2.29. The summed E-state index contributed by atoms with van der Waals surface area (Å²) < 4.78 is 2.27. The molecular formula is C22H22N5O2+. The van der Waals surface area contributed by atoms with Crippen molar-refractivity contribution in [3.8, 4) is 0 Å². The van der Waals surface area contributed by atoms with E-state index in [0.717, 1.165) is 36.4 Å². The van der Waals surface area contributed by atoms with Gasteiger partial charge in [-0.3, -0.25) is 14.6 Å². The first-order valence-corrected chi connectivity index (χ1v) is 9.93. The molecule has 5 rings (SSSR count). The van der Waals surface area contributed by atoms with Crippen LogP contribution in [0.15, 0.2) is 42.9 Å². The molecule has 7 heteroatoms. The summed E-state index contributed by atoms with van der Waals surface area (Å²) in [5, 5.41) is 2.77. The van der Waals surface area contributed by atoms with Gasteiger partial charge in [-0.25, -0.2) is 9.56 Å². The van der Waals surface area contributed by atoms with Crippen molar-refractivity contribution >= 4 is 35.6 Å². The lowest BCUT2D eigenvalue weighted by atomic mass is 10.0. The Kier molecular flexibility index (Phi) is 4.42. The molecule has 0 aromatic carbocycles. The lowest BCUT2D eigenvalue weighted by Gasteiger charge is -2.16. The van der Waals surface area contributed by atoms with E-state index in [9.17, 15) is 9.59 Å². The number of fused-ring (bicyclic) bond motifs is 2. The highest BCUT2D eigenvalue weighted by molar-refractivity contribution is 5.94. The fraction of sp³-hybridized carbons (Fsp3) is 0.318. The van der Waals surface area contributed by atoms with Crippen LogP contribution in [0.5, 0.6) is 0 Å². The van der Waals surface area contributed by atoms with E-state index in [2.05, 4.69) is 26.1 Å². The number of aromatic nitrogens is 2. The topological polar surface area (TPSA) is 78.2 Å². The van der Waals surface area contributed by atoms with Crippen LogP contribution < -0.4 is 5.32 Å². The summed E-state index contributed by atoms with van der Waals surface area (Å²) in [6.45, 7) is 2.47. The molecule has 0 bridgehead atoms. The number of amides is 2. The van der Waals surface area contributed by atoms with Crippen molar-refractivity contribution in [2.45, 2.75) is 12.8 Å². The van der Waals surface area contributed by atoms with E-state index in [1.807, 2.05) is 29.2 Å². The van der Waals surface area contributed by atoms with E-state index in [4.69, 9.17) is 0 Å². The molecule has 1 fully saturated rings. The molecule has 0 spiro atoms. The Bertz CT molecular complexity index is 1030. The number of pyridine rings is 2. The Morgan fingerprint density at radius 1 is 1.24 bits per heavy atom. The van der Waals surface area contributed by atoms with Gasteiger partial charge in [0.2, 0.25) is 17.5 Å². The Hall–Kier alpha value is -3.35. The van der Waals surface area contributed by atoms with Crippen LogP contribution in [0, 0.1) is 11.8 Å². The zero-order valence-electron chi connectivity index (χ0n) is 16.0. The number of hydrogen-bond acceptors (Lipinski definition) is 4. The van der Waals surface area contributed by atoms with Gasteiger partial charge in [-0.15, -0.1) is 0 Å². The molecule has 29 heavy (non-hydrogen) atoms. The van der Waals surface area contributed by atoms with Crippen LogP contribution in [0.2, 0.25) is 0 Å². The van der Waals surface area contributed by atoms with Crippen molar-refractivity contribution in [2.24, 2.45) is 11.8 Å². The third kappa shape index (κ3) is 3.55. The van der Waals surface area contributed by atoms with Gasteiger partial charge in [0, 0.05) is 62.2 Å². The molecule has 146 valence electrons. The average Bonchev–Trinajstić information content (AvgIpc) is 3.32. The van der Waals surface area contributed by atoms with Gasteiger partial charge < -0.3 is 10.2 Å². The lowest BCUT2D eigenvalue weighted by molar-refractivity contribution is -0.433. The van der Waals surface area contributed by atoms with Crippen molar-refractivity contribution < 1.29 is 14.2 Å². The highest BCUT2D eigenvalue weighted by Gasteiger charge is 2.42. The van der Waals surface area contributed by atoms with Crippen molar-refractivity contribution in [3.05, 3.63) is 54.0 Å². The van der Waals surface area contributed by atoms with E-state index >= 15 is 0 Å². The first-order valence-electron chi connectivity index (χ1n) is 9.93. The minimum absolute atomic E-state index is 0.00218. The smallest absolute Gasteiger partial charge is 0.246 e. The third-order valence-electron chi connectivity index (χ3n) is 5.89. The maximum atomic E-state index is 12.7. The maximum absolute atomic E-state index is 12.7. The van der Waals surface area contributed by atoms with Gasteiger partial charge in [-0.05, 0) is 29.7 Å². The van der Waals surface area contributed by atoms with Crippen LogP contribution in [0.4, 0.5) is 11.5 Å². The molecule has 0 radical (unpaired) electrons. The molecule has 1 saturated heterocycles. The second-order valence-electron chi connectivity index (χ2n) is 7.83. The van der Waals surface area contributed by atoms with Crippen molar-refractivity contribution in [2.75, 3.05) is 25.0 Å². The standard InChI is InChI=1S/C22H21N5O2/c28-20-3-2-16-9-15(10-24-22(16)25-20)1-4-21(29)27-13-17-11-26(12-18(17)14-27)19-5-7-23-8-6-19/h1,4-11,17-18H,2-3,12-14H2/p+1/t17-,18+/m0/s1. The number of hydrogen-bond donors (Lipinski definition) is 1. The quantitative estimate of drug-likeness (QED) is 0.643. The van der Waals surface area contributed by atoms with Crippen LogP contribution in [-0.4, -0.2) is 57.1 Å². The number of carbonyl (C=O) groups is 2. The minimum Gasteiger partial charge on any atom is -0.338 e. The first kappa shape index (κ1) is 17.7. The summed E-state index contributed by atoms with van der Waals surface area (Å²) in [5.41, 5.74) is 3.05. The molecule has 3 aliphatic heterocycles. The predicted molar refractivity (Wildman–Crippen MR) is 109 cm³/mol. The molecule has 2 aromatic rings. The average molecular weight is 388 g/mol. The number of anilines is 1. The largest absolute Gasteiger partial charge is 0.338 e. The number of nitrogens with zero attached hydrogens (tertiary/aromatic N) is 4. The van der Waals surface area contributed by atoms with Gasteiger partial charge in [0.15, 0.2) is 12.8 Å². The summed E-state index contributed by atoms with van der Waals surface area (Å²) in [5.74, 6) is 1.53. The zero-order valence-corrected chi connectivity index (χ0v) is 16.0. The van der Waals surface area contributed by atoms with Gasteiger partial charge in [-0.1, -0.05) is 0 Å². The van der Waals surface area contributed by atoms with E-state index in [1.54, 1.807) is 24.7 Å². The van der Waals surface area contributed by atoms with Crippen LogP contribution in [0.1, 0.15) is 17.5 Å². The summed E-state index contributed by atoms with van der Waals surface area (Å²) in [7, 11) is 0. The van der Waals surface area contributed by atoms with E-state index in [1.165, 1.54) is 0 Å². The number of carbonyl (C=O) groups excluding carboxylic acids is 2.